The number of aromatic amines is 1. The van der Waals surface area contributed by atoms with Crippen molar-refractivity contribution in [2.45, 2.75) is 18.9 Å². The molecule has 0 bridgehead atoms. The van der Waals surface area contributed by atoms with Crippen molar-refractivity contribution in [1.82, 2.24) is 15.3 Å². The van der Waals surface area contributed by atoms with E-state index >= 15 is 0 Å². The maximum Gasteiger partial charge on any atom is 0.290 e. The first kappa shape index (κ1) is 10.3. The number of piperidine rings is 1. The smallest absolute Gasteiger partial charge is 0.290 e. The van der Waals surface area contributed by atoms with Gasteiger partial charge in [0.2, 0.25) is 11.8 Å². The number of hydrogen-bond donors (Lipinski definition) is 3. The SMILES string of the molecule is O=C1CCC(Nc2ncc[nH]c2=O)C(=O)N1. The summed E-state index contributed by atoms with van der Waals surface area (Å²) in [6, 6.07) is -0.589. The van der Waals surface area contributed by atoms with Crippen LogP contribution in [0.15, 0.2) is 17.2 Å². The van der Waals surface area contributed by atoms with Crippen LogP contribution in [0.3, 0.4) is 0 Å². The summed E-state index contributed by atoms with van der Waals surface area (Å²) in [7, 11) is 0. The van der Waals surface area contributed by atoms with Crippen LogP contribution < -0.4 is 16.2 Å². The number of carbonyl (C=O) groups excluding carboxylic acids is 2. The number of nitrogens with zero attached hydrogens (tertiary/aromatic N) is 1. The molecule has 84 valence electrons. The summed E-state index contributed by atoms with van der Waals surface area (Å²) in [6.45, 7) is 0. The van der Waals surface area contributed by atoms with Gasteiger partial charge in [0.05, 0.1) is 0 Å². The van der Waals surface area contributed by atoms with Gasteiger partial charge in [0.1, 0.15) is 6.04 Å². The van der Waals surface area contributed by atoms with E-state index in [1.807, 2.05) is 0 Å². The lowest BCUT2D eigenvalue weighted by Gasteiger charge is -2.21. The van der Waals surface area contributed by atoms with Crippen molar-refractivity contribution in [3.8, 4) is 0 Å². The summed E-state index contributed by atoms with van der Waals surface area (Å²) in [5.41, 5.74) is -0.396. The van der Waals surface area contributed by atoms with Gasteiger partial charge in [-0.2, -0.15) is 0 Å². The van der Waals surface area contributed by atoms with E-state index in [2.05, 4.69) is 20.6 Å². The van der Waals surface area contributed by atoms with E-state index in [0.717, 1.165) is 0 Å². The Morgan fingerprint density at radius 3 is 2.88 bits per heavy atom. The van der Waals surface area contributed by atoms with Crippen molar-refractivity contribution in [1.29, 1.82) is 0 Å². The molecule has 7 nitrogen and oxygen atoms in total. The molecule has 1 fully saturated rings. The zero-order valence-electron chi connectivity index (χ0n) is 8.32. The van der Waals surface area contributed by atoms with Crippen LogP contribution in [0.4, 0.5) is 5.82 Å². The fourth-order valence-electron chi connectivity index (χ4n) is 1.45. The number of aromatic nitrogens is 2. The van der Waals surface area contributed by atoms with Crippen LogP contribution in [0.1, 0.15) is 12.8 Å². The Morgan fingerprint density at radius 1 is 1.38 bits per heavy atom. The quantitative estimate of drug-likeness (QED) is 0.556. The first-order valence-corrected chi connectivity index (χ1v) is 4.81. The van der Waals surface area contributed by atoms with Crippen LogP contribution in [0.2, 0.25) is 0 Å². The normalized spacial score (nSPS) is 20.4. The van der Waals surface area contributed by atoms with Crippen molar-refractivity contribution in [3.05, 3.63) is 22.7 Å². The second kappa shape index (κ2) is 4.13. The minimum Gasteiger partial charge on any atom is -0.354 e. The minimum absolute atomic E-state index is 0.0806. The third-order valence-corrected chi connectivity index (χ3v) is 2.26. The Hall–Kier alpha value is -2.18. The Morgan fingerprint density at radius 2 is 2.19 bits per heavy atom. The van der Waals surface area contributed by atoms with E-state index in [1.54, 1.807) is 0 Å². The number of amides is 2. The van der Waals surface area contributed by atoms with Gasteiger partial charge in [0, 0.05) is 18.8 Å². The minimum atomic E-state index is -0.589. The molecular weight excluding hydrogens is 212 g/mol. The van der Waals surface area contributed by atoms with E-state index in [9.17, 15) is 14.4 Å². The second-order valence-corrected chi connectivity index (χ2v) is 3.41. The van der Waals surface area contributed by atoms with Crippen LogP contribution in [0.5, 0.6) is 0 Å². The molecule has 2 amide bonds. The molecule has 0 aliphatic carbocycles. The largest absolute Gasteiger partial charge is 0.354 e. The summed E-state index contributed by atoms with van der Waals surface area (Å²) in [5.74, 6) is -0.642. The van der Waals surface area contributed by atoms with Crippen LogP contribution >= 0.6 is 0 Å². The topological polar surface area (TPSA) is 104 Å². The molecule has 1 atom stereocenters. The summed E-state index contributed by atoms with van der Waals surface area (Å²) in [6.07, 6.45) is 3.43. The Bertz CT molecular complexity index is 482. The molecule has 0 aromatic carbocycles. The number of nitrogens with one attached hydrogen (secondary N) is 3. The highest BCUT2D eigenvalue weighted by atomic mass is 16.2. The summed E-state index contributed by atoms with van der Waals surface area (Å²) in [5, 5.41) is 4.89. The molecule has 3 N–H and O–H groups in total. The van der Waals surface area contributed by atoms with Crippen LogP contribution in [0.25, 0.3) is 0 Å². The predicted octanol–water partition coefficient (Wildman–Crippen LogP) is -1.01. The van der Waals surface area contributed by atoms with Gasteiger partial charge in [-0.1, -0.05) is 0 Å². The molecule has 1 aliphatic heterocycles. The zero-order chi connectivity index (χ0) is 11.5. The molecule has 7 heteroatoms. The number of anilines is 1. The summed E-state index contributed by atoms with van der Waals surface area (Å²) < 4.78 is 0. The van der Waals surface area contributed by atoms with Gasteiger partial charge >= 0.3 is 0 Å². The van der Waals surface area contributed by atoms with Crippen LogP contribution in [-0.2, 0) is 9.59 Å². The molecule has 0 radical (unpaired) electrons. The molecule has 1 aromatic heterocycles. The number of carbonyl (C=O) groups is 2. The maximum absolute atomic E-state index is 11.4. The first-order chi connectivity index (χ1) is 7.66. The van der Waals surface area contributed by atoms with Gasteiger partial charge in [-0.3, -0.25) is 19.7 Å². The van der Waals surface area contributed by atoms with Crippen LogP contribution in [-0.4, -0.2) is 27.8 Å². The lowest BCUT2D eigenvalue weighted by Crippen LogP contribution is -2.48. The van der Waals surface area contributed by atoms with Crippen molar-refractivity contribution in [2.75, 3.05) is 5.32 Å². The summed E-state index contributed by atoms with van der Waals surface area (Å²) >= 11 is 0. The van der Waals surface area contributed by atoms with Crippen molar-refractivity contribution < 1.29 is 9.59 Å². The lowest BCUT2D eigenvalue weighted by atomic mass is 10.1. The van der Waals surface area contributed by atoms with Gasteiger partial charge in [-0.25, -0.2) is 4.98 Å². The third kappa shape index (κ3) is 2.08. The fourth-order valence-corrected chi connectivity index (χ4v) is 1.45. The standard InChI is InChI=1S/C9H10N4O3/c14-6-2-1-5(8(15)13-6)12-7-9(16)11-4-3-10-7/h3-5H,1-2H2,(H,10,12)(H,11,16)(H,13,14,15). The van der Waals surface area contributed by atoms with E-state index in [1.165, 1.54) is 12.4 Å². The zero-order valence-corrected chi connectivity index (χ0v) is 8.32. The molecular formula is C9H10N4O3. The van der Waals surface area contributed by atoms with Crippen LogP contribution in [0, 0.1) is 0 Å². The first-order valence-electron chi connectivity index (χ1n) is 4.81. The fraction of sp³-hybridized carbons (Fsp3) is 0.333. The number of H-pyrrole nitrogens is 1. The van der Waals surface area contributed by atoms with Gasteiger partial charge < -0.3 is 10.3 Å². The lowest BCUT2D eigenvalue weighted by molar-refractivity contribution is -0.133. The number of hydrogen-bond acceptors (Lipinski definition) is 5. The molecule has 1 aliphatic rings. The van der Waals surface area contributed by atoms with E-state index in [4.69, 9.17) is 0 Å². The highest BCUT2D eigenvalue weighted by Crippen LogP contribution is 2.08. The average molecular weight is 222 g/mol. The van der Waals surface area contributed by atoms with Gasteiger partial charge in [0.25, 0.3) is 5.56 Å². The highest BCUT2D eigenvalue weighted by molar-refractivity contribution is 6.01. The van der Waals surface area contributed by atoms with Gasteiger partial charge in [-0.05, 0) is 6.42 Å². The molecule has 2 heterocycles. The molecule has 0 spiro atoms. The monoisotopic (exact) mass is 222 g/mol. The van der Waals surface area contributed by atoms with Gasteiger partial charge in [-0.15, -0.1) is 0 Å². The van der Waals surface area contributed by atoms with Crippen molar-refractivity contribution in [2.24, 2.45) is 0 Å². The molecule has 1 aromatic rings. The molecule has 16 heavy (non-hydrogen) atoms. The number of rotatable bonds is 2. The van der Waals surface area contributed by atoms with E-state index in [0.29, 0.717) is 6.42 Å². The Balaban J connectivity index is 2.11. The third-order valence-electron chi connectivity index (χ3n) is 2.26. The van der Waals surface area contributed by atoms with Gasteiger partial charge in [0.15, 0.2) is 5.82 Å². The highest BCUT2D eigenvalue weighted by Gasteiger charge is 2.27. The van der Waals surface area contributed by atoms with E-state index < -0.39 is 17.5 Å². The Labute approximate surface area is 90.3 Å². The molecule has 0 saturated carbocycles. The average Bonchev–Trinajstić information content (AvgIpc) is 2.25. The van der Waals surface area contributed by atoms with E-state index in [-0.39, 0.29) is 18.1 Å². The second-order valence-electron chi connectivity index (χ2n) is 3.41. The number of imide groups is 1. The molecule has 2 rings (SSSR count). The molecule has 1 saturated heterocycles. The Kier molecular flexibility index (Phi) is 2.67. The van der Waals surface area contributed by atoms with Crippen molar-refractivity contribution >= 4 is 17.6 Å². The molecule has 1 unspecified atom stereocenters. The van der Waals surface area contributed by atoms with Crippen molar-refractivity contribution in [3.63, 3.8) is 0 Å². The summed E-state index contributed by atoms with van der Waals surface area (Å²) in [4.78, 5) is 39.8. The maximum atomic E-state index is 11.4. The predicted molar refractivity (Wildman–Crippen MR) is 54.7 cm³/mol.